The molecular formula is C14H18ClFN2. The minimum absolute atomic E-state index is 0.209. The van der Waals surface area contributed by atoms with Gasteiger partial charge in [-0.25, -0.2) is 4.39 Å². The highest BCUT2D eigenvalue weighted by molar-refractivity contribution is 6.30. The summed E-state index contributed by atoms with van der Waals surface area (Å²) in [6.45, 7) is 2.85. The Balaban J connectivity index is 1.80. The summed E-state index contributed by atoms with van der Waals surface area (Å²) in [6.07, 6.45) is 3.69. The van der Waals surface area contributed by atoms with Crippen LogP contribution < -0.4 is 10.2 Å². The van der Waals surface area contributed by atoms with Gasteiger partial charge in [0, 0.05) is 24.2 Å². The first kappa shape index (κ1) is 12.2. The van der Waals surface area contributed by atoms with Crippen molar-refractivity contribution in [2.75, 3.05) is 24.5 Å². The van der Waals surface area contributed by atoms with E-state index in [9.17, 15) is 4.39 Å². The molecule has 1 saturated heterocycles. The van der Waals surface area contributed by atoms with Gasteiger partial charge in [0.25, 0.3) is 0 Å². The van der Waals surface area contributed by atoms with Crippen LogP contribution in [0.2, 0.25) is 5.02 Å². The first-order valence-electron chi connectivity index (χ1n) is 6.67. The number of rotatable bonds is 2. The van der Waals surface area contributed by atoms with Crippen molar-refractivity contribution in [2.24, 2.45) is 5.92 Å². The van der Waals surface area contributed by atoms with Gasteiger partial charge in [-0.2, -0.15) is 0 Å². The molecule has 1 aliphatic carbocycles. The van der Waals surface area contributed by atoms with E-state index in [1.807, 2.05) is 0 Å². The minimum Gasteiger partial charge on any atom is -0.368 e. The molecule has 0 spiro atoms. The fourth-order valence-electron chi connectivity index (χ4n) is 2.72. The highest BCUT2D eigenvalue weighted by atomic mass is 35.5. The van der Waals surface area contributed by atoms with Crippen LogP contribution in [0, 0.1) is 11.7 Å². The summed E-state index contributed by atoms with van der Waals surface area (Å²) in [6, 6.07) is 5.49. The van der Waals surface area contributed by atoms with E-state index >= 15 is 0 Å². The van der Waals surface area contributed by atoms with Crippen molar-refractivity contribution in [3.8, 4) is 0 Å². The van der Waals surface area contributed by atoms with Crippen LogP contribution in [0.3, 0.4) is 0 Å². The van der Waals surface area contributed by atoms with Gasteiger partial charge in [-0.3, -0.25) is 0 Å². The molecule has 2 nitrogen and oxygen atoms in total. The first-order chi connectivity index (χ1) is 8.74. The second kappa shape index (κ2) is 5.06. The van der Waals surface area contributed by atoms with Crippen molar-refractivity contribution in [1.82, 2.24) is 5.32 Å². The lowest BCUT2D eigenvalue weighted by molar-refractivity contribution is 0.488. The molecule has 98 valence electrons. The van der Waals surface area contributed by atoms with Gasteiger partial charge in [0.1, 0.15) is 5.82 Å². The summed E-state index contributed by atoms with van der Waals surface area (Å²) < 4.78 is 14.0. The Kier molecular flexibility index (Phi) is 3.44. The zero-order chi connectivity index (χ0) is 12.5. The van der Waals surface area contributed by atoms with E-state index in [-0.39, 0.29) is 5.82 Å². The molecule has 0 bridgehead atoms. The van der Waals surface area contributed by atoms with Crippen molar-refractivity contribution < 1.29 is 4.39 Å². The summed E-state index contributed by atoms with van der Waals surface area (Å²) in [5.41, 5.74) is 0.689. The average molecular weight is 269 g/mol. The van der Waals surface area contributed by atoms with Gasteiger partial charge >= 0.3 is 0 Å². The summed E-state index contributed by atoms with van der Waals surface area (Å²) in [5, 5.41) is 4.04. The molecule has 0 amide bonds. The van der Waals surface area contributed by atoms with Crippen molar-refractivity contribution in [3.05, 3.63) is 29.0 Å². The number of benzene rings is 1. The first-order valence-corrected chi connectivity index (χ1v) is 7.05. The Morgan fingerprint density at radius 1 is 1.33 bits per heavy atom. The van der Waals surface area contributed by atoms with Gasteiger partial charge in [-0.1, -0.05) is 11.6 Å². The van der Waals surface area contributed by atoms with Gasteiger partial charge in [-0.05, 0) is 49.9 Å². The third-order valence-electron chi connectivity index (χ3n) is 3.87. The van der Waals surface area contributed by atoms with Crippen molar-refractivity contribution in [1.29, 1.82) is 0 Å². The molecule has 2 aliphatic rings. The van der Waals surface area contributed by atoms with E-state index in [1.165, 1.54) is 18.9 Å². The summed E-state index contributed by atoms with van der Waals surface area (Å²) >= 11 is 5.81. The van der Waals surface area contributed by atoms with Gasteiger partial charge in [-0.15, -0.1) is 0 Å². The Morgan fingerprint density at radius 3 is 2.89 bits per heavy atom. The lowest BCUT2D eigenvalue weighted by Gasteiger charge is -2.27. The monoisotopic (exact) mass is 268 g/mol. The van der Waals surface area contributed by atoms with E-state index < -0.39 is 0 Å². The van der Waals surface area contributed by atoms with Crippen LogP contribution >= 0.6 is 11.6 Å². The molecule has 1 saturated carbocycles. The maximum Gasteiger partial charge on any atom is 0.147 e. The van der Waals surface area contributed by atoms with Crippen molar-refractivity contribution in [3.63, 3.8) is 0 Å². The van der Waals surface area contributed by atoms with E-state index in [4.69, 9.17) is 11.6 Å². The SMILES string of the molecule is Fc1cc(Cl)ccc1N1CCCNC(C2CC2)C1. The van der Waals surface area contributed by atoms with Crippen molar-refractivity contribution >= 4 is 17.3 Å². The molecule has 1 aromatic rings. The summed E-state index contributed by atoms with van der Waals surface area (Å²) in [4.78, 5) is 2.16. The van der Waals surface area contributed by atoms with Crippen molar-refractivity contribution in [2.45, 2.75) is 25.3 Å². The quantitative estimate of drug-likeness (QED) is 0.887. The fraction of sp³-hybridized carbons (Fsp3) is 0.571. The summed E-state index contributed by atoms with van der Waals surface area (Å²) in [7, 11) is 0. The molecule has 1 N–H and O–H groups in total. The number of halogens is 2. The van der Waals surface area contributed by atoms with Crippen LogP contribution in [0.1, 0.15) is 19.3 Å². The smallest absolute Gasteiger partial charge is 0.147 e. The van der Waals surface area contributed by atoms with Gasteiger partial charge < -0.3 is 10.2 Å². The molecule has 1 unspecified atom stereocenters. The topological polar surface area (TPSA) is 15.3 Å². The largest absolute Gasteiger partial charge is 0.368 e. The second-order valence-corrected chi connectivity index (χ2v) is 5.73. The Hall–Kier alpha value is -0.800. The standard InChI is InChI=1S/C14H18ClFN2/c15-11-4-5-14(12(16)8-11)18-7-1-6-17-13(9-18)10-2-3-10/h4-5,8,10,13,17H,1-3,6-7,9H2. The molecule has 2 fully saturated rings. The van der Waals surface area contributed by atoms with Crippen LogP contribution in [0.4, 0.5) is 10.1 Å². The lowest BCUT2D eigenvalue weighted by atomic mass is 10.1. The minimum atomic E-state index is -0.209. The third-order valence-corrected chi connectivity index (χ3v) is 4.10. The van der Waals surface area contributed by atoms with Crippen LogP contribution in [0.25, 0.3) is 0 Å². The van der Waals surface area contributed by atoms with Crippen LogP contribution in [0.5, 0.6) is 0 Å². The maximum atomic E-state index is 14.0. The molecule has 0 radical (unpaired) electrons. The molecule has 4 heteroatoms. The van der Waals surface area contributed by atoms with E-state index in [1.54, 1.807) is 12.1 Å². The maximum absolute atomic E-state index is 14.0. The normalized spacial score (nSPS) is 25.0. The van der Waals surface area contributed by atoms with Gasteiger partial charge in [0.2, 0.25) is 0 Å². The van der Waals surface area contributed by atoms with Gasteiger partial charge in [0.05, 0.1) is 5.69 Å². The molecule has 18 heavy (non-hydrogen) atoms. The molecule has 1 aliphatic heterocycles. The average Bonchev–Trinajstić information content (AvgIpc) is 3.15. The van der Waals surface area contributed by atoms with Crippen LogP contribution in [0.15, 0.2) is 18.2 Å². The number of nitrogens with one attached hydrogen (secondary N) is 1. The Labute approximate surface area is 112 Å². The summed E-state index contributed by atoms with van der Waals surface area (Å²) in [5.74, 6) is 0.583. The van der Waals surface area contributed by atoms with E-state index in [0.717, 1.165) is 32.0 Å². The number of anilines is 1. The number of nitrogens with zero attached hydrogens (tertiary/aromatic N) is 1. The highest BCUT2D eigenvalue weighted by Crippen LogP contribution is 2.34. The molecular weight excluding hydrogens is 251 g/mol. The molecule has 1 aromatic carbocycles. The highest BCUT2D eigenvalue weighted by Gasteiger charge is 2.33. The van der Waals surface area contributed by atoms with Crippen LogP contribution in [-0.4, -0.2) is 25.7 Å². The predicted molar refractivity (Wildman–Crippen MR) is 72.8 cm³/mol. The Morgan fingerprint density at radius 2 is 2.17 bits per heavy atom. The fourth-order valence-corrected chi connectivity index (χ4v) is 2.88. The van der Waals surface area contributed by atoms with Crippen LogP contribution in [-0.2, 0) is 0 Å². The van der Waals surface area contributed by atoms with E-state index in [0.29, 0.717) is 16.8 Å². The lowest BCUT2D eigenvalue weighted by Crippen LogP contribution is -2.39. The molecule has 0 aromatic heterocycles. The van der Waals surface area contributed by atoms with E-state index in [2.05, 4.69) is 10.2 Å². The molecule has 1 atom stereocenters. The second-order valence-electron chi connectivity index (χ2n) is 5.29. The zero-order valence-corrected chi connectivity index (χ0v) is 11.1. The van der Waals surface area contributed by atoms with Gasteiger partial charge in [0.15, 0.2) is 0 Å². The Bertz CT molecular complexity index is 434. The number of hydrogen-bond donors (Lipinski definition) is 1. The third kappa shape index (κ3) is 2.62. The molecule has 1 heterocycles. The molecule has 3 rings (SSSR count). The number of hydrogen-bond acceptors (Lipinski definition) is 2. The zero-order valence-electron chi connectivity index (χ0n) is 10.3. The predicted octanol–water partition coefficient (Wildman–Crippen LogP) is 3.06.